The summed E-state index contributed by atoms with van der Waals surface area (Å²) in [5.74, 6) is -0.628. The Morgan fingerprint density at radius 3 is 2.67 bits per heavy atom. The van der Waals surface area contributed by atoms with Crippen molar-refractivity contribution in [1.29, 1.82) is 5.26 Å². The molecule has 0 aliphatic rings. The quantitative estimate of drug-likeness (QED) is 0.630. The van der Waals surface area contributed by atoms with Gasteiger partial charge in [0.25, 0.3) is 6.43 Å². The number of hydrogen-bond donors (Lipinski definition) is 0. The van der Waals surface area contributed by atoms with Crippen molar-refractivity contribution in [3.63, 3.8) is 0 Å². The average molecular weight is 318 g/mol. The Kier molecular flexibility index (Phi) is 5.23. The smallest absolute Gasteiger partial charge is 0.338 e. The lowest BCUT2D eigenvalue weighted by Crippen LogP contribution is -2.08. The van der Waals surface area contributed by atoms with E-state index in [0.29, 0.717) is 0 Å². The topological polar surface area (TPSA) is 50.1 Å². The number of carbonyl (C=O) groups excluding carboxylic acids is 1. The van der Waals surface area contributed by atoms with Crippen molar-refractivity contribution in [2.45, 2.75) is 18.7 Å². The first-order valence-corrected chi connectivity index (χ1v) is 6.25. The summed E-state index contributed by atoms with van der Waals surface area (Å²) in [4.78, 5) is 11.5. The van der Waals surface area contributed by atoms with Gasteiger partial charge in [0.15, 0.2) is 0 Å². The normalized spacial score (nSPS) is 10.2. The van der Waals surface area contributed by atoms with Crippen LogP contribution in [0.15, 0.2) is 12.1 Å². The monoisotopic (exact) mass is 317 g/mol. The summed E-state index contributed by atoms with van der Waals surface area (Å²) < 4.78 is 30.5. The van der Waals surface area contributed by atoms with Gasteiger partial charge in [-0.1, -0.05) is 15.9 Å². The van der Waals surface area contributed by atoms with Crippen LogP contribution in [0, 0.1) is 11.3 Å². The predicted molar refractivity (Wildman–Crippen MR) is 64.7 cm³/mol. The molecule has 0 spiro atoms. The molecule has 0 heterocycles. The Morgan fingerprint density at radius 2 is 2.22 bits per heavy atom. The van der Waals surface area contributed by atoms with Gasteiger partial charge in [0.05, 0.1) is 23.8 Å². The van der Waals surface area contributed by atoms with E-state index in [1.54, 1.807) is 13.0 Å². The van der Waals surface area contributed by atoms with E-state index in [1.165, 1.54) is 6.07 Å². The third-order valence-corrected chi connectivity index (χ3v) is 2.86. The Labute approximate surface area is 111 Å². The van der Waals surface area contributed by atoms with Gasteiger partial charge in [-0.05, 0) is 24.6 Å². The molecule has 0 aliphatic heterocycles. The third-order valence-electron chi connectivity index (χ3n) is 2.26. The van der Waals surface area contributed by atoms with E-state index in [2.05, 4.69) is 15.9 Å². The van der Waals surface area contributed by atoms with Crippen LogP contribution in [0.5, 0.6) is 0 Å². The number of halogens is 3. The van der Waals surface area contributed by atoms with Crippen LogP contribution in [-0.4, -0.2) is 12.6 Å². The van der Waals surface area contributed by atoms with Crippen molar-refractivity contribution in [3.8, 4) is 6.07 Å². The average Bonchev–Trinajstić information content (AvgIpc) is 2.36. The number of esters is 1. The van der Waals surface area contributed by atoms with Crippen LogP contribution >= 0.6 is 15.9 Å². The fourth-order valence-corrected chi connectivity index (χ4v) is 1.97. The minimum atomic E-state index is -2.76. The first kappa shape index (κ1) is 14.6. The van der Waals surface area contributed by atoms with Crippen molar-refractivity contribution in [3.05, 3.63) is 34.4 Å². The molecule has 6 heteroatoms. The molecular weight excluding hydrogens is 308 g/mol. The lowest BCUT2D eigenvalue weighted by Gasteiger charge is -2.11. The van der Waals surface area contributed by atoms with E-state index in [9.17, 15) is 13.6 Å². The number of nitrogens with zero attached hydrogens (tertiary/aromatic N) is 1. The van der Waals surface area contributed by atoms with Crippen molar-refractivity contribution >= 4 is 21.9 Å². The number of alkyl halides is 3. The van der Waals surface area contributed by atoms with E-state index in [1.807, 2.05) is 0 Å². The van der Waals surface area contributed by atoms with Gasteiger partial charge < -0.3 is 4.74 Å². The lowest BCUT2D eigenvalue weighted by atomic mass is 9.99. The van der Waals surface area contributed by atoms with Gasteiger partial charge >= 0.3 is 5.97 Å². The maximum Gasteiger partial charge on any atom is 0.338 e. The fourth-order valence-electron chi connectivity index (χ4n) is 1.51. The van der Waals surface area contributed by atoms with Crippen LogP contribution < -0.4 is 0 Å². The minimum Gasteiger partial charge on any atom is -0.462 e. The number of hydrogen-bond acceptors (Lipinski definition) is 3. The van der Waals surface area contributed by atoms with Crippen LogP contribution in [0.2, 0.25) is 0 Å². The summed E-state index contributed by atoms with van der Waals surface area (Å²) >= 11 is 3.07. The van der Waals surface area contributed by atoms with E-state index in [4.69, 9.17) is 10.00 Å². The number of ether oxygens (including phenoxy) is 1. The zero-order valence-corrected chi connectivity index (χ0v) is 11.1. The molecule has 18 heavy (non-hydrogen) atoms. The zero-order chi connectivity index (χ0) is 13.7. The molecule has 1 rings (SSSR count). The molecule has 1 aromatic rings. The summed E-state index contributed by atoms with van der Waals surface area (Å²) in [6, 6.07) is 4.13. The van der Waals surface area contributed by atoms with Gasteiger partial charge in [0.1, 0.15) is 0 Å². The van der Waals surface area contributed by atoms with Crippen LogP contribution in [0.1, 0.15) is 40.4 Å². The van der Waals surface area contributed by atoms with Gasteiger partial charge in [0.2, 0.25) is 0 Å². The van der Waals surface area contributed by atoms with E-state index in [0.717, 1.165) is 6.07 Å². The summed E-state index contributed by atoms with van der Waals surface area (Å²) in [5, 5.41) is 9.01. The molecule has 0 aromatic heterocycles. The number of benzene rings is 1. The molecule has 0 amide bonds. The van der Waals surface area contributed by atoms with E-state index in [-0.39, 0.29) is 34.2 Å². The molecule has 3 nitrogen and oxygen atoms in total. The molecule has 96 valence electrons. The maximum absolute atomic E-state index is 12.9. The number of nitriles is 1. The highest BCUT2D eigenvalue weighted by Crippen LogP contribution is 2.29. The van der Waals surface area contributed by atoms with Crippen LogP contribution in [0.3, 0.4) is 0 Å². The number of carbonyl (C=O) groups is 1. The second-order valence-electron chi connectivity index (χ2n) is 3.36. The second-order valence-corrected chi connectivity index (χ2v) is 3.92. The molecule has 0 atom stereocenters. The van der Waals surface area contributed by atoms with Gasteiger partial charge in [-0.2, -0.15) is 5.26 Å². The van der Waals surface area contributed by atoms with Gasteiger partial charge in [-0.3, -0.25) is 0 Å². The van der Waals surface area contributed by atoms with Gasteiger partial charge in [0, 0.05) is 10.9 Å². The number of rotatable bonds is 4. The zero-order valence-electron chi connectivity index (χ0n) is 9.54. The SMILES string of the molecule is CCOC(=O)c1cc(C#N)c(C(F)F)c(CBr)c1. The molecule has 0 fully saturated rings. The molecule has 0 bridgehead atoms. The van der Waals surface area contributed by atoms with Crippen molar-refractivity contribution in [1.82, 2.24) is 0 Å². The molecule has 0 saturated heterocycles. The Hall–Kier alpha value is -1.48. The fraction of sp³-hybridized carbons (Fsp3) is 0.333. The van der Waals surface area contributed by atoms with Crippen molar-refractivity contribution in [2.24, 2.45) is 0 Å². The molecular formula is C12H10BrF2NO2. The maximum atomic E-state index is 12.9. The predicted octanol–water partition coefficient (Wildman–Crippen LogP) is 3.57. The Balaban J connectivity index is 3.36. The third kappa shape index (κ3) is 3.05. The van der Waals surface area contributed by atoms with Gasteiger partial charge in [-0.15, -0.1) is 0 Å². The summed E-state index contributed by atoms with van der Waals surface area (Å²) in [7, 11) is 0. The van der Waals surface area contributed by atoms with Crippen molar-refractivity contribution < 1.29 is 18.3 Å². The van der Waals surface area contributed by atoms with Crippen LogP contribution in [0.25, 0.3) is 0 Å². The van der Waals surface area contributed by atoms with Crippen molar-refractivity contribution in [2.75, 3.05) is 6.61 Å². The van der Waals surface area contributed by atoms with E-state index >= 15 is 0 Å². The molecule has 1 aromatic carbocycles. The molecule has 0 N–H and O–H groups in total. The van der Waals surface area contributed by atoms with E-state index < -0.39 is 12.4 Å². The highest BCUT2D eigenvalue weighted by molar-refractivity contribution is 9.08. The first-order chi connectivity index (χ1) is 8.54. The molecule has 0 aliphatic carbocycles. The summed E-state index contributed by atoms with van der Waals surface area (Å²) in [5.41, 5.74) is -0.230. The Morgan fingerprint density at radius 1 is 1.56 bits per heavy atom. The highest BCUT2D eigenvalue weighted by Gasteiger charge is 2.21. The van der Waals surface area contributed by atoms with Gasteiger partial charge in [-0.25, -0.2) is 13.6 Å². The molecule has 0 radical (unpaired) electrons. The largest absolute Gasteiger partial charge is 0.462 e. The molecule has 0 unspecified atom stereocenters. The second kappa shape index (κ2) is 6.45. The summed E-state index contributed by atoms with van der Waals surface area (Å²) in [6.07, 6.45) is -2.76. The minimum absolute atomic E-state index is 0.104. The van der Waals surface area contributed by atoms with Crippen LogP contribution in [0.4, 0.5) is 8.78 Å². The molecule has 0 saturated carbocycles. The van der Waals surface area contributed by atoms with Crippen LogP contribution in [-0.2, 0) is 10.1 Å². The Bertz CT molecular complexity index is 498. The first-order valence-electron chi connectivity index (χ1n) is 5.13. The summed E-state index contributed by atoms with van der Waals surface area (Å²) in [6.45, 7) is 1.82. The lowest BCUT2D eigenvalue weighted by molar-refractivity contribution is 0.0525. The standard InChI is InChI=1S/C12H10BrF2NO2/c1-2-18-12(17)7-3-8(5-13)10(11(14)15)9(4-7)6-16/h3-4,11H,2,5H2,1H3. The highest BCUT2D eigenvalue weighted by atomic mass is 79.9.